The van der Waals surface area contributed by atoms with Crippen molar-refractivity contribution >= 4 is 45.1 Å². The number of nitrogens with one attached hydrogen (secondary N) is 2. The third kappa shape index (κ3) is 7.90. The van der Waals surface area contributed by atoms with Gasteiger partial charge in [0.15, 0.2) is 0 Å². The van der Waals surface area contributed by atoms with E-state index in [1.54, 1.807) is 6.07 Å². The van der Waals surface area contributed by atoms with Crippen molar-refractivity contribution in [1.29, 1.82) is 0 Å². The number of carboxylic acids is 1. The Morgan fingerprint density at radius 2 is 1.22 bits per heavy atom. The van der Waals surface area contributed by atoms with Crippen molar-refractivity contribution in [1.82, 2.24) is 19.4 Å². The molecule has 3 N–H and O–H groups in total. The molecule has 2 fully saturated rings. The molecule has 3 aromatic heterocycles. The van der Waals surface area contributed by atoms with Gasteiger partial charge in [-0.25, -0.2) is 4.79 Å². The summed E-state index contributed by atoms with van der Waals surface area (Å²) >= 11 is 0. The number of nitrogens with zero attached hydrogens (tertiary/aromatic N) is 4. The van der Waals surface area contributed by atoms with Crippen LogP contribution >= 0.6 is 0 Å². The molecule has 2 aliphatic heterocycles. The molecular weight excluding hydrogens is 684 g/mol. The Morgan fingerprint density at radius 1 is 0.759 bits per heavy atom. The van der Waals surface area contributed by atoms with E-state index >= 15 is 0 Å². The van der Waals surface area contributed by atoms with Crippen molar-refractivity contribution in [2.75, 3.05) is 62.4 Å². The number of pyridine rings is 1. The van der Waals surface area contributed by atoms with Gasteiger partial charge in [-0.2, -0.15) is 0 Å². The fourth-order valence-corrected chi connectivity index (χ4v) is 7.75. The van der Waals surface area contributed by atoms with Gasteiger partial charge in [-0.1, -0.05) is 27.7 Å². The smallest absolute Gasteiger partial charge is 0.337 e. The maximum absolute atomic E-state index is 13.4. The van der Waals surface area contributed by atoms with Gasteiger partial charge in [0.05, 0.1) is 48.6 Å². The van der Waals surface area contributed by atoms with Gasteiger partial charge < -0.3 is 43.8 Å². The van der Waals surface area contributed by atoms with Crippen molar-refractivity contribution in [2.45, 2.75) is 59.9 Å². The van der Waals surface area contributed by atoms with Crippen LogP contribution in [0.2, 0.25) is 0 Å². The molecule has 0 unspecified atom stereocenters. The van der Waals surface area contributed by atoms with E-state index in [4.69, 9.17) is 9.47 Å². The van der Waals surface area contributed by atoms with Gasteiger partial charge in [0.1, 0.15) is 0 Å². The molecular formula is C42H54N6O6. The molecule has 2 aromatic carbocycles. The molecule has 2 aliphatic rings. The van der Waals surface area contributed by atoms with Crippen LogP contribution in [0, 0.1) is 13.8 Å². The molecule has 1 amide bonds. The van der Waals surface area contributed by atoms with Crippen LogP contribution in [0.15, 0.2) is 47.5 Å². The molecule has 0 saturated carbocycles. The monoisotopic (exact) mass is 738 g/mol. The van der Waals surface area contributed by atoms with Crippen LogP contribution in [-0.4, -0.2) is 83.7 Å². The lowest BCUT2D eigenvalue weighted by atomic mass is 9.99. The molecule has 5 heterocycles. The van der Waals surface area contributed by atoms with E-state index in [1.807, 2.05) is 55.4 Å². The SMILES string of the molecule is CC(C)c1cn(C)c2c(C(=O)O)cc(N3CCOCC3)cc12.Cc1cc(C)c(CNC(=O)c2cc(N3CCOCC3)cc3c(C(C)C)cn(C)c23)c(=O)[nH]1. The quantitative estimate of drug-likeness (QED) is 0.171. The highest BCUT2D eigenvalue weighted by Gasteiger charge is 2.23. The van der Waals surface area contributed by atoms with Crippen molar-refractivity contribution in [3.05, 3.63) is 92.2 Å². The minimum absolute atomic E-state index is 0.157. The van der Waals surface area contributed by atoms with Gasteiger partial charge in [-0.05, 0) is 72.7 Å². The first-order valence-corrected chi connectivity index (χ1v) is 18.9. The van der Waals surface area contributed by atoms with Gasteiger partial charge in [0, 0.05) is 92.6 Å². The van der Waals surface area contributed by atoms with Crippen LogP contribution in [0.4, 0.5) is 11.4 Å². The van der Waals surface area contributed by atoms with Crippen molar-refractivity contribution in [2.24, 2.45) is 14.1 Å². The minimum Gasteiger partial charge on any atom is -0.478 e. The lowest BCUT2D eigenvalue weighted by molar-refractivity contribution is 0.0698. The molecule has 288 valence electrons. The molecule has 5 aromatic rings. The number of hydrogen-bond acceptors (Lipinski definition) is 7. The Labute approximate surface area is 316 Å². The number of benzene rings is 2. The highest BCUT2D eigenvalue weighted by Crippen LogP contribution is 2.35. The van der Waals surface area contributed by atoms with Crippen LogP contribution in [0.25, 0.3) is 21.8 Å². The second kappa shape index (κ2) is 16.1. The lowest BCUT2D eigenvalue weighted by Gasteiger charge is -2.29. The third-order valence-electron chi connectivity index (χ3n) is 10.6. The fourth-order valence-electron chi connectivity index (χ4n) is 7.75. The number of aryl methyl sites for hydroxylation is 4. The number of hydrogen-bond donors (Lipinski definition) is 3. The summed E-state index contributed by atoms with van der Waals surface area (Å²) in [5.74, 6) is -0.369. The summed E-state index contributed by atoms with van der Waals surface area (Å²) in [6.07, 6.45) is 4.16. The highest BCUT2D eigenvalue weighted by molar-refractivity contribution is 6.08. The average Bonchev–Trinajstić information content (AvgIpc) is 3.67. The van der Waals surface area contributed by atoms with Crippen molar-refractivity contribution < 1.29 is 24.2 Å². The summed E-state index contributed by atoms with van der Waals surface area (Å²) in [5.41, 5.74) is 9.23. The molecule has 0 radical (unpaired) electrons. The van der Waals surface area contributed by atoms with Crippen LogP contribution in [0.5, 0.6) is 0 Å². The number of ether oxygens (including phenoxy) is 2. The first-order valence-electron chi connectivity index (χ1n) is 18.9. The number of anilines is 2. The number of carbonyl (C=O) groups is 2. The van der Waals surface area contributed by atoms with Crippen LogP contribution in [-0.2, 0) is 30.1 Å². The summed E-state index contributed by atoms with van der Waals surface area (Å²) in [7, 11) is 3.89. The van der Waals surface area contributed by atoms with Gasteiger partial charge in [0.25, 0.3) is 11.5 Å². The molecule has 54 heavy (non-hydrogen) atoms. The Bertz CT molecular complexity index is 2230. The van der Waals surface area contributed by atoms with E-state index in [-0.39, 0.29) is 18.0 Å². The number of aromatic nitrogens is 3. The number of amides is 1. The number of carbonyl (C=O) groups excluding carboxylic acids is 1. The lowest BCUT2D eigenvalue weighted by Crippen LogP contribution is -2.36. The Hall–Kier alpha value is -5.07. The van der Waals surface area contributed by atoms with E-state index in [2.05, 4.69) is 66.1 Å². The van der Waals surface area contributed by atoms with Crippen molar-refractivity contribution in [3.63, 3.8) is 0 Å². The second-order valence-corrected chi connectivity index (χ2v) is 15.1. The average molecular weight is 739 g/mol. The predicted octanol–water partition coefficient (Wildman–Crippen LogP) is 6.21. The Morgan fingerprint density at radius 3 is 1.67 bits per heavy atom. The molecule has 0 atom stereocenters. The summed E-state index contributed by atoms with van der Waals surface area (Å²) in [5, 5.41) is 14.7. The number of rotatable bonds is 8. The maximum Gasteiger partial charge on any atom is 0.337 e. The number of aromatic carboxylic acids is 1. The largest absolute Gasteiger partial charge is 0.478 e. The first-order chi connectivity index (χ1) is 25.7. The highest BCUT2D eigenvalue weighted by atomic mass is 16.5. The number of fused-ring (bicyclic) bond motifs is 2. The standard InChI is InChI=1S/C25H32N4O3.C17H22N2O3/c1-15(2)22-14-28(5)23-19(22)11-18(29-6-8-32-9-7-29)12-20(23)24(30)26-13-21-16(3)10-17(4)27-25(21)31;1-11(2)15-10-18(3)16-13(15)8-12(9-14(16)17(20)21)19-4-6-22-7-5-19/h10-12,14-15H,6-9,13H2,1-5H3,(H,26,30)(H,27,31);8-11H,4-7H2,1-3H3,(H,20,21). The zero-order valence-corrected chi connectivity index (χ0v) is 32.8. The Balaban J connectivity index is 0.000000197. The molecule has 12 nitrogen and oxygen atoms in total. The Kier molecular flexibility index (Phi) is 11.5. The number of carboxylic acid groups (broad SMARTS) is 1. The van der Waals surface area contributed by atoms with E-state index < -0.39 is 5.97 Å². The summed E-state index contributed by atoms with van der Waals surface area (Å²) in [6.45, 7) is 18.5. The molecule has 0 aliphatic carbocycles. The molecule has 0 spiro atoms. The molecule has 0 bridgehead atoms. The van der Waals surface area contributed by atoms with Crippen molar-refractivity contribution in [3.8, 4) is 0 Å². The van der Waals surface area contributed by atoms with Gasteiger partial charge >= 0.3 is 5.97 Å². The third-order valence-corrected chi connectivity index (χ3v) is 10.6. The second-order valence-electron chi connectivity index (χ2n) is 15.1. The first kappa shape index (κ1) is 38.6. The number of morpholine rings is 2. The number of aromatic amines is 1. The predicted molar refractivity (Wildman–Crippen MR) is 215 cm³/mol. The number of H-pyrrole nitrogens is 1. The zero-order chi connectivity index (χ0) is 38.8. The molecule has 12 heteroatoms. The van der Waals surface area contributed by atoms with Gasteiger partial charge in [0.2, 0.25) is 0 Å². The maximum atomic E-state index is 13.4. The normalized spacial score (nSPS) is 14.9. The van der Waals surface area contributed by atoms with Crippen LogP contribution < -0.4 is 20.7 Å². The van der Waals surface area contributed by atoms with E-state index in [1.165, 1.54) is 11.1 Å². The van der Waals surface area contributed by atoms with Crippen LogP contribution in [0.1, 0.15) is 88.2 Å². The minimum atomic E-state index is -0.878. The zero-order valence-electron chi connectivity index (χ0n) is 32.8. The van der Waals surface area contributed by atoms with Crippen LogP contribution in [0.3, 0.4) is 0 Å². The molecule has 2 saturated heterocycles. The molecule has 7 rings (SSSR count). The fraction of sp³-hybridized carbons (Fsp3) is 0.452. The summed E-state index contributed by atoms with van der Waals surface area (Å²) < 4.78 is 14.9. The van der Waals surface area contributed by atoms with E-state index in [0.29, 0.717) is 55.0 Å². The summed E-state index contributed by atoms with van der Waals surface area (Å²) in [6, 6.07) is 10.0. The van der Waals surface area contributed by atoms with Gasteiger partial charge in [-0.3, -0.25) is 9.59 Å². The van der Waals surface area contributed by atoms with E-state index in [0.717, 1.165) is 70.6 Å². The van der Waals surface area contributed by atoms with E-state index in [9.17, 15) is 19.5 Å². The summed E-state index contributed by atoms with van der Waals surface area (Å²) in [4.78, 5) is 44.8. The van der Waals surface area contributed by atoms with Gasteiger partial charge in [-0.15, -0.1) is 0 Å². The topological polar surface area (TPSA) is 134 Å².